The molecule has 2 aromatic rings. The summed E-state index contributed by atoms with van der Waals surface area (Å²) in [4.78, 5) is 33.1. The van der Waals surface area contributed by atoms with Crippen LogP contribution >= 0.6 is 0 Å². The van der Waals surface area contributed by atoms with E-state index < -0.39 is 0 Å². The molecule has 2 aromatic carbocycles. The van der Waals surface area contributed by atoms with Gasteiger partial charge in [0.15, 0.2) is 0 Å². The third-order valence-electron chi connectivity index (χ3n) is 6.28. The van der Waals surface area contributed by atoms with Crippen molar-refractivity contribution in [3.8, 4) is 0 Å². The molecule has 0 bridgehead atoms. The number of aryl methyl sites for hydroxylation is 4. The first-order chi connectivity index (χ1) is 15.3. The van der Waals surface area contributed by atoms with Crippen molar-refractivity contribution in [3.05, 3.63) is 69.9 Å². The summed E-state index contributed by atoms with van der Waals surface area (Å²) in [5.41, 5.74) is 6.54. The van der Waals surface area contributed by atoms with Crippen molar-refractivity contribution in [2.45, 2.75) is 27.7 Å². The number of aliphatic hydroxyl groups excluding tert-OH is 1. The van der Waals surface area contributed by atoms with E-state index in [2.05, 4.69) is 11.0 Å². The number of benzene rings is 2. The van der Waals surface area contributed by atoms with Gasteiger partial charge >= 0.3 is 0 Å². The van der Waals surface area contributed by atoms with Gasteiger partial charge in [-0.1, -0.05) is 29.8 Å². The molecule has 0 spiro atoms. The fraction of sp³-hybridized carbons (Fsp3) is 0.385. The molecule has 2 aliphatic rings. The van der Waals surface area contributed by atoms with Gasteiger partial charge in [0.2, 0.25) is 0 Å². The Labute approximate surface area is 189 Å². The van der Waals surface area contributed by atoms with Crippen molar-refractivity contribution in [1.82, 2.24) is 9.80 Å². The third kappa shape index (κ3) is 4.08. The van der Waals surface area contributed by atoms with Crippen LogP contribution in [-0.4, -0.2) is 66.1 Å². The Kier molecular flexibility index (Phi) is 6.17. The number of hydrogen-bond donors (Lipinski definition) is 1. The molecule has 1 N–H and O–H groups in total. The summed E-state index contributed by atoms with van der Waals surface area (Å²) in [7, 11) is 0. The number of aliphatic hydroxyl groups is 1. The van der Waals surface area contributed by atoms with Crippen LogP contribution in [-0.2, 0) is 9.59 Å². The number of imide groups is 1. The van der Waals surface area contributed by atoms with Gasteiger partial charge in [-0.05, 0) is 62.1 Å². The fourth-order valence-corrected chi connectivity index (χ4v) is 4.80. The van der Waals surface area contributed by atoms with E-state index in [4.69, 9.17) is 0 Å². The topological polar surface area (TPSA) is 64.1 Å². The lowest BCUT2D eigenvalue weighted by atomic mass is 9.97. The number of carbonyl (C=O) groups excluding carboxylic acids is 2. The first-order valence-electron chi connectivity index (χ1n) is 11.2. The maximum Gasteiger partial charge on any atom is 0.282 e. The molecular formula is C26H31N3O3. The number of hydrogen-bond acceptors (Lipinski definition) is 5. The standard InChI is InChI=1S/C26H31N3O3/c1-17-5-6-22(20(4)14-17)23-24(28-9-7-27(8-10-28)11-12-30)26(32)29(25(23)31)21-15-18(2)13-19(3)16-21/h5-6,13-16,30H,7-12H2,1-4H3. The van der Waals surface area contributed by atoms with Crippen molar-refractivity contribution in [2.24, 2.45) is 0 Å². The van der Waals surface area contributed by atoms with E-state index in [9.17, 15) is 14.7 Å². The van der Waals surface area contributed by atoms with Gasteiger partial charge in [-0.3, -0.25) is 14.5 Å². The smallest absolute Gasteiger partial charge is 0.282 e. The number of piperazine rings is 1. The molecule has 0 saturated carbocycles. The van der Waals surface area contributed by atoms with Crippen LogP contribution in [0.25, 0.3) is 5.57 Å². The SMILES string of the molecule is Cc1cc(C)cc(N2C(=O)C(c3ccc(C)cc3C)=C(N3CCN(CCO)CC3)C2=O)c1. The monoisotopic (exact) mass is 433 g/mol. The van der Waals surface area contributed by atoms with Crippen molar-refractivity contribution in [2.75, 3.05) is 44.2 Å². The maximum absolute atomic E-state index is 13.8. The van der Waals surface area contributed by atoms with E-state index in [0.717, 1.165) is 40.9 Å². The lowest BCUT2D eigenvalue weighted by Crippen LogP contribution is -2.48. The van der Waals surface area contributed by atoms with Crippen LogP contribution in [0.4, 0.5) is 5.69 Å². The van der Waals surface area contributed by atoms with E-state index in [1.54, 1.807) is 0 Å². The van der Waals surface area contributed by atoms with Gasteiger partial charge in [0.1, 0.15) is 5.70 Å². The Hall–Kier alpha value is -2.96. The minimum Gasteiger partial charge on any atom is -0.395 e. The second-order valence-corrected chi connectivity index (χ2v) is 8.89. The minimum absolute atomic E-state index is 0.119. The minimum atomic E-state index is -0.264. The lowest BCUT2D eigenvalue weighted by Gasteiger charge is -2.36. The zero-order valence-corrected chi connectivity index (χ0v) is 19.3. The molecule has 0 aromatic heterocycles. The summed E-state index contributed by atoms with van der Waals surface area (Å²) < 4.78 is 0. The fourth-order valence-electron chi connectivity index (χ4n) is 4.80. The van der Waals surface area contributed by atoms with E-state index in [1.807, 2.05) is 62.9 Å². The highest BCUT2D eigenvalue weighted by Gasteiger charge is 2.43. The number of β-amino-alcohol motifs (C(OH)–C–C–N with tert-alkyl or cyclic N) is 1. The Bertz CT molecular complexity index is 1080. The molecule has 2 heterocycles. The molecule has 168 valence electrons. The van der Waals surface area contributed by atoms with E-state index in [-0.39, 0.29) is 18.4 Å². The molecule has 1 fully saturated rings. The van der Waals surface area contributed by atoms with Crippen LogP contribution < -0.4 is 4.90 Å². The predicted octanol–water partition coefficient (Wildman–Crippen LogP) is 2.81. The van der Waals surface area contributed by atoms with Crippen molar-refractivity contribution in [3.63, 3.8) is 0 Å². The largest absolute Gasteiger partial charge is 0.395 e. The summed E-state index contributed by atoms with van der Waals surface area (Å²) in [5, 5.41) is 9.25. The molecule has 6 heteroatoms. The zero-order chi connectivity index (χ0) is 23.0. The molecule has 0 aliphatic carbocycles. The highest BCUT2D eigenvalue weighted by atomic mass is 16.3. The molecule has 0 atom stereocenters. The molecule has 0 radical (unpaired) electrons. The van der Waals surface area contributed by atoms with Crippen LogP contribution in [0.2, 0.25) is 0 Å². The number of anilines is 1. The Morgan fingerprint density at radius 3 is 2.06 bits per heavy atom. The molecule has 6 nitrogen and oxygen atoms in total. The van der Waals surface area contributed by atoms with E-state index in [1.165, 1.54) is 4.90 Å². The third-order valence-corrected chi connectivity index (χ3v) is 6.28. The highest BCUT2D eigenvalue weighted by molar-refractivity contribution is 6.45. The van der Waals surface area contributed by atoms with Gasteiger partial charge in [-0.25, -0.2) is 4.90 Å². The van der Waals surface area contributed by atoms with Gasteiger partial charge in [-0.2, -0.15) is 0 Å². The van der Waals surface area contributed by atoms with Crippen molar-refractivity contribution >= 4 is 23.1 Å². The Morgan fingerprint density at radius 1 is 0.812 bits per heavy atom. The Morgan fingerprint density at radius 2 is 1.47 bits per heavy atom. The number of amides is 2. The van der Waals surface area contributed by atoms with Gasteiger partial charge in [0.05, 0.1) is 17.9 Å². The summed E-state index contributed by atoms with van der Waals surface area (Å²) in [5.74, 6) is -0.523. The molecule has 4 rings (SSSR count). The lowest BCUT2D eigenvalue weighted by molar-refractivity contribution is -0.120. The first kappa shape index (κ1) is 22.2. The zero-order valence-electron chi connectivity index (χ0n) is 19.3. The van der Waals surface area contributed by atoms with Crippen LogP contribution in [0, 0.1) is 27.7 Å². The molecule has 32 heavy (non-hydrogen) atoms. The van der Waals surface area contributed by atoms with Crippen LogP contribution in [0.5, 0.6) is 0 Å². The van der Waals surface area contributed by atoms with Crippen LogP contribution in [0.15, 0.2) is 42.1 Å². The number of rotatable bonds is 5. The van der Waals surface area contributed by atoms with Crippen molar-refractivity contribution < 1.29 is 14.7 Å². The average Bonchev–Trinajstić information content (AvgIpc) is 2.98. The molecular weight excluding hydrogens is 402 g/mol. The Balaban J connectivity index is 1.79. The van der Waals surface area contributed by atoms with Gasteiger partial charge in [0, 0.05) is 32.7 Å². The molecule has 2 aliphatic heterocycles. The average molecular weight is 434 g/mol. The molecule has 1 saturated heterocycles. The summed E-state index contributed by atoms with van der Waals surface area (Å²) in [6, 6.07) is 11.8. The van der Waals surface area contributed by atoms with Crippen molar-refractivity contribution in [1.29, 1.82) is 0 Å². The summed E-state index contributed by atoms with van der Waals surface area (Å²) >= 11 is 0. The highest BCUT2D eigenvalue weighted by Crippen LogP contribution is 2.37. The van der Waals surface area contributed by atoms with Gasteiger partial charge in [0.25, 0.3) is 11.8 Å². The second kappa shape index (κ2) is 8.88. The quantitative estimate of drug-likeness (QED) is 0.735. The first-order valence-corrected chi connectivity index (χ1v) is 11.2. The van der Waals surface area contributed by atoms with E-state index in [0.29, 0.717) is 36.6 Å². The summed E-state index contributed by atoms with van der Waals surface area (Å²) in [6.45, 7) is 11.5. The molecule has 2 amide bonds. The van der Waals surface area contributed by atoms with Crippen LogP contribution in [0.1, 0.15) is 27.8 Å². The second-order valence-electron chi connectivity index (χ2n) is 8.89. The van der Waals surface area contributed by atoms with E-state index >= 15 is 0 Å². The number of nitrogens with zero attached hydrogens (tertiary/aromatic N) is 3. The summed E-state index contributed by atoms with van der Waals surface area (Å²) in [6.07, 6.45) is 0. The van der Waals surface area contributed by atoms with Gasteiger partial charge in [-0.15, -0.1) is 0 Å². The number of carbonyl (C=O) groups is 2. The van der Waals surface area contributed by atoms with Gasteiger partial charge < -0.3 is 10.0 Å². The predicted molar refractivity (Wildman–Crippen MR) is 126 cm³/mol. The normalized spacial score (nSPS) is 17.7. The van der Waals surface area contributed by atoms with Crippen LogP contribution in [0.3, 0.4) is 0 Å². The molecule has 0 unspecified atom stereocenters. The maximum atomic E-state index is 13.8.